The van der Waals surface area contributed by atoms with Crippen molar-refractivity contribution < 1.29 is 23.5 Å². The number of esters is 1. The fraction of sp³-hybridized carbons (Fsp3) is 0.375. The van der Waals surface area contributed by atoms with Crippen molar-refractivity contribution in [3.05, 3.63) is 71.0 Å². The summed E-state index contributed by atoms with van der Waals surface area (Å²) in [6, 6.07) is 12.2. The minimum Gasteiger partial charge on any atom is -0.451 e. The van der Waals surface area contributed by atoms with E-state index in [0.29, 0.717) is 18.5 Å². The van der Waals surface area contributed by atoms with Crippen LogP contribution < -0.4 is 10.6 Å². The molecule has 0 aliphatic rings. The SMILES string of the molecule is Cc1cccc(C(=O)NC(C(=O)OC(C)C(=O)NCCc2ccc(F)cc2)C(C)C)c1. The molecule has 0 fully saturated rings. The number of halogens is 1. The molecule has 2 unspecified atom stereocenters. The Hall–Kier alpha value is -3.22. The van der Waals surface area contributed by atoms with E-state index in [-0.39, 0.29) is 17.6 Å². The van der Waals surface area contributed by atoms with Gasteiger partial charge in [-0.1, -0.05) is 43.7 Å². The van der Waals surface area contributed by atoms with Gasteiger partial charge < -0.3 is 15.4 Å². The highest BCUT2D eigenvalue weighted by Gasteiger charge is 2.29. The monoisotopic (exact) mass is 428 g/mol. The fourth-order valence-corrected chi connectivity index (χ4v) is 2.93. The van der Waals surface area contributed by atoms with Gasteiger partial charge >= 0.3 is 5.97 Å². The predicted molar refractivity (Wildman–Crippen MR) is 116 cm³/mol. The summed E-state index contributed by atoms with van der Waals surface area (Å²) in [5.41, 5.74) is 2.26. The van der Waals surface area contributed by atoms with Crippen LogP contribution in [0.25, 0.3) is 0 Å². The van der Waals surface area contributed by atoms with Gasteiger partial charge in [-0.3, -0.25) is 9.59 Å². The van der Waals surface area contributed by atoms with E-state index >= 15 is 0 Å². The van der Waals surface area contributed by atoms with Gasteiger partial charge in [-0.15, -0.1) is 0 Å². The van der Waals surface area contributed by atoms with Gasteiger partial charge in [0.1, 0.15) is 11.9 Å². The molecule has 2 aromatic carbocycles. The van der Waals surface area contributed by atoms with Crippen LogP contribution in [0.1, 0.15) is 42.3 Å². The number of benzene rings is 2. The van der Waals surface area contributed by atoms with E-state index in [2.05, 4.69) is 10.6 Å². The molecule has 0 spiro atoms. The summed E-state index contributed by atoms with van der Waals surface area (Å²) < 4.78 is 18.2. The van der Waals surface area contributed by atoms with Crippen molar-refractivity contribution >= 4 is 17.8 Å². The summed E-state index contributed by atoms with van der Waals surface area (Å²) >= 11 is 0. The van der Waals surface area contributed by atoms with Crippen LogP contribution in [0.2, 0.25) is 0 Å². The van der Waals surface area contributed by atoms with Crippen molar-refractivity contribution in [2.75, 3.05) is 6.54 Å². The number of carbonyl (C=O) groups is 3. The van der Waals surface area contributed by atoms with Crippen LogP contribution in [0.5, 0.6) is 0 Å². The Labute approximate surface area is 182 Å². The van der Waals surface area contributed by atoms with Crippen molar-refractivity contribution in [2.45, 2.75) is 46.3 Å². The first kappa shape index (κ1) is 24.1. The van der Waals surface area contributed by atoms with E-state index in [1.54, 1.807) is 44.2 Å². The summed E-state index contributed by atoms with van der Waals surface area (Å²) in [7, 11) is 0. The van der Waals surface area contributed by atoms with Crippen LogP contribution in [0.4, 0.5) is 4.39 Å². The Morgan fingerprint density at radius 1 is 1.03 bits per heavy atom. The molecule has 0 radical (unpaired) electrons. The number of ether oxygens (including phenoxy) is 1. The molecule has 0 aliphatic heterocycles. The number of carbonyl (C=O) groups excluding carboxylic acids is 3. The van der Waals surface area contributed by atoms with Crippen LogP contribution >= 0.6 is 0 Å². The van der Waals surface area contributed by atoms with Crippen molar-refractivity contribution in [1.29, 1.82) is 0 Å². The molecule has 166 valence electrons. The molecule has 2 aromatic rings. The Bertz CT molecular complexity index is 912. The van der Waals surface area contributed by atoms with Crippen molar-refractivity contribution in [3.63, 3.8) is 0 Å². The van der Waals surface area contributed by atoms with Crippen molar-refractivity contribution in [3.8, 4) is 0 Å². The molecule has 0 bridgehead atoms. The third-order valence-electron chi connectivity index (χ3n) is 4.78. The minimum absolute atomic E-state index is 0.227. The number of aryl methyl sites for hydroxylation is 1. The summed E-state index contributed by atoms with van der Waals surface area (Å²) in [5, 5.41) is 5.39. The molecule has 6 nitrogen and oxygen atoms in total. The van der Waals surface area contributed by atoms with E-state index < -0.39 is 24.0 Å². The van der Waals surface area contributed by atoms with Crippen LogP contribution in [-0.4, -0.2) is 36.5 Å². The highest BCUT2D eigenvalue weighted by Crippen LogP contribution is 2.10. The molecule has 0 aliphatic carbocycles. The molecule has 0 aromatic heterocycles. The number of rotatable bonds is 9. The van der Waals surface area contributed by atoms with Crippen LogP contribution in [0, 0.1) is 18.7 Å². The van der Waals surface area contributed by atoms with Gasteiger partial charge in [-0.25, -0.2) is 9.18 Å². The fourth-order valence-electron chi connectivity index (χ4n) is 2.93. The first-order valence-corrected chi connectivity index (χ1v) is 10.3. The van der Waals surface area contributed by atoms with Crippen molar-refractivity contribution in [1.82, 2.24) is 10.6 Å². The lowest BCUT2D eigenvalue weighted by Gasteiger charge is -2.23. The molecule has 2 amide bonds. The standard InChI is InChI=1S/C24H29FN2O4/c1-15(2)21(27-23(29)19-7-5-6-16(3)14-19)24(30)31-17(4)22(28)26-13-12-18-8-10-20(25)11-9-18/h5-11,14-15,17,21H,12-13H2,1-4H3,(H,26,28)(H,27,29). The summed E-state index contributed by atoms with van der Waals surface area (Å²) in [4.78, 5) is 37.4. The van der Waals surface area contributed by atoms with E-state index in [9.17, 15) is 18.8 Å². The summed E-state index contributed by atoms with van der Waals surface area (Å²) in [5.74, 6) is -2.03. The molecular weight excluding hydrogens is 399 g/mol. The molecule has 2 N–H and O–H groups in total. The smallest absolute Gasteiger partial charge is 0.329 e. The maximum atomic E-state index is 12.9. The molecule has 31 heavy (non-hydrogen) atoms. The summed E-state index contributed by atoms with van der Waals surface area (Å²) in [6.45, 7) is 7.25. The van der Waals surface area contributed by atoms with Gasteiger partial charge in [0.2, 0.25) is 0 Å². The van der Waals surface area contributed by atoms with Crippen LogP contribution in [0.3, 0.4) is 0 Å². The van der Waals surface area contributed by atoms with Crippen LogP contribution in [0.15, 0.2) is 48.5 Å². The Kier molecular flexibility index (Phi) is 8.73. The zero-order chi connectivity index (χ0) is 23.0. The third-order valence-corrected chi connectivity index (χ3v) is 4.78. The van der Waals surface area contributed by atoms with Crippen LogP contribution in [-0.2, 0) is 20.7 Å². The normalized spacial score (nSPS) is 12.7. The number of hydrogen-bond donors (Lipinski definition) is 2. The van der Waals surface area contributed by atoms with Gasteiger partial charge in [0, 0.05) is 12.1 Å². The van der Waals surface area contributed by atoms with E-state index in [1.165, 1.54) is 19.1 Å². The van der Waals surface area contributed by atoms with Crippen molar-refractivity contribution in [2.24, 2.45) is 5.92 Å². The molecule has 2 atom stereocenters. The second-order valence-electron chi connectivity index (χ2n) is 7.81. The molecule has 0 saturated carbocycles. The number of nitrogens with one attached hydrogen (secondary N) is 2. The maximum absolute atomic E-state index is 12.9. The predicted octanol–water partition coefficient (Wildman–Crippen LogP) is 3.18. The lowest BCUT2D eigenvalue weighted by atomic mass is 10.0. The van der Waals surface area contributed by atoms with Gasteiger partial charge in [-0.05, 0) is 56.0 Å². The zero-order valence-corrected chi connectivity index (χ0v) is 18.3. The maximum Gasteiger partial charge on any atom is 0.329 e. The minimum atomic E-state index is -1.02. The molecule has 7 heteroatoms. The van der Waals surface area contributed by atoms with E-state index in [0.717, 1.165) is 11.1 Å². The topological polar surface area (TPSA) is 84.5 Å². The van der Waals surface area contributed by atoms with E-state index in [1.807, 2.05) is 13.0 Å². The van der Waals surface area contributed by atoms with Gasteiger partial charge in [-0.2, -0.15) is 0 Å². The molecule has 0 saturated heterocycles. The average Bonchev–Trinajstić information content (AvgIpc) is 2.72. The van der Waals surface area contributed by atoms with E-state index in [4.69, 9.17) is 4.74 Å². The first-order chi connectivity index (χ1) is 14.7. The molecular formula is C24H29FN2O4. The van der Waals surface area contributed by atoms with Gasteiger partial charge in [0.25, 0.3) is 11.8 Å². The van der Waals surface area contributed by atoms with Gasteiger partial charge in [0.15, 0.2) is 6.10 Å². The number of hydrogen-bond acceptors (Lipinski definition) is 4. The third kappa shape index (κ3) is 7.51. The second kappa shape index (κ2) is 11.2. The number of amides is 2. The largest absolute Gasteiger partial charge is 0.451 e. The highest BCUT2D eigenvalue weighted by atomic mass is 19.1. The average molecular weight is 429 g/mol. The first-order valence-electron chi connectivity index (χ1n) is 10.3. The lowest BCUT2D eigenvalue weighted by Crippen LogP contribution is -2.47. The zero-order valence-electron chi connectivity index (χ0n) is 18.3. The Morgan fingerprint density at radius 3 is 2.32 bits per heavy atom. The quantitative estimate of drug-likeness (QED) is 0.601. The van der Waals surface area contributed by atoms with Gasteiger partial charge in [0.05, 0.1) is 0 Å². The highest BCUT2D eigenvalue weighted by molar-refractivity contribution is 5.97. The second-order valence-corrected chi connectivity index (χ2v) is 7.81. The lowest BCUT2D eigenvalue weighted by molar-refractivity contribution is -0.157. The summed E-state index contributed by atoms with van der Waals surface area (Å²) in [6.07, 6.45) is -0.494. The molecule has 0 heterocycles. The Morgan fingerprint density at radius 2 is 1.71 bits per heavy atom. The Balaban J connectivity index is 1.87. The molecule has 2 rings (SSSR count).